The Bertz CT molecular complexity index is 570. The fourth-order valence-electron chi connectivity index (χ4n) is 1.38. The molecule has 0 fully saturated rings. The number of primary sulfonamides is 1. The standard InChI is InChI=1S/C12H17NO4S/c1-8-5-6-10(18(13,15)16)9(7-8)11(14)17-12(2,3)4/h5-7H,1-4H3,(H2,13,15,16). The number of esters is 1. The summed E-state index contributed by atoms with van der Waals surface area (Å²) in [5, 5.41) is 5.07. The summed E-state index contributed by atoms with van der Waals surface area (Å²) >= 11 is 0. The van der Waals surface area contributed by atoms with Crippen LogP contribution in [0.1, 0.15) is 36.7 Å². The maximum atomic E-state index is 11.9. The van der Waals surface area contributed by atoms with Crippen molar-refractivity contribution in [3.05, 3.63) is 29.3 Å². The Morgan fingerprint density at radius 3 is 2.28 bits per heavy atom. The van der Waals surface area contributed by atoms with E-state index in [4.69, 9.17) is 9.88 Å². The van der Waals surface area contributed by atoms with E-state index in [1.165, 1.54) is 12.1 Å². The molecule has 0 aliphatic heterocycles. The van der Waals surface area contributed by atoms with Gasteiger partial charge in [0.15, 0.2) is 0 Å². The first-order chi connectivity index (χ1) is 8.00. The van der Waals surface area contributed by atoms with Gasteiger partial charge in [0, 0.05) is 0 Å². The minimum atomic E-state index is -3.95. The Labute approximate surface area is 107 Å². The van der Waals surface area contributed by atoms with Crippen molar-refractivity contribution >= 4 is 16.0 Å². The molecule has 0 aliphatic rings. The number of sulfonamides is 1. The van der Waals surface area contributed by atoms with Crippen molar-refractivity contribution in [2.45, 2.75) is 38.2 Å². The number of ether oxygens (including phenoxy) is 1. The van der Waals surface area contributed by atoms with Crippen LogP contribution >= 0.6 is 0 Å². The number of carbonyl (C=O) groups is 1. The maximum Gasteiger partial charge on any atom is 0.340 e. The van der Waals surface area contributed by atoms with E-state index < -0.39 is 21.6 Å². The van der Waals surface area contributed by atoms with E-state index in [0.717, 1.165) is 5.56 Å². The van der Waals surface area contributed by atoms with Gasteiger partial charge >= 0.3 is 5.97 Å². The van der Waals surface area contributed by atoms with Gasteiger partial charge in [-0.25, -0.2) is 18.4 Å². The highest BCUT2D eigenvalue weighted by molar-refractivity contribution is 7.89. The molecule has 2 N–H and O–H groups in total. The molecule has 0 aliphatic carbocycles. The molecular weight excluding hydrogens is 254 g/mol. The predicted molar refractivity (Wildman–Crippen MR) is 67.7 cm³/mol. The van der Waals surface area contributed by atoms with Crippen molar-refractivity contribution in [1.82, 2.24) is 0 Å². The van der Waals surface area contributed by atoms with E-state index in [-0.39, 0.29) is 10.5 Å². The van der Waals surface area contributed by atoms with Crippen molar-refractivity contribution in [2.24, 2.45) is 5.14 Å². The Morgan fingerprint density at radius 1 is 1.28 bits per heavy atom. The van der Waals surface area contributed by atoms with Gasteiger partial charge in [0.25, 0.3) is 0 Å². The Hall–Kier alpha value is -1.40. The van der Waals surface area contributed by atoms with Gasteiger partial charge in [0.2, 0.25) is 10.0 Å². The van der Waals surface area contributed by atoms with E-state index >= 15 is 0 Å². The second-order valence-corrected chi connectivity index (χ2v) is 6.58. The fourth-order valence-corrected chi connectivity index (χ4v) is 2.09. The zero-order valence-corrected chi connectivity index (χ0v) is 11.7. The number of benzene rings is 1. The van der Waals surface area contributed by atoms with Crippen LogP contribution in [-0.2, 0) is 14.8 Å². The highest BCUT2D eigenvalue weighted by Gasteiger charge is 2.24. The highest BCUT2D eigenvalue weighted by Crippen LogP contribution is 2.20. The van der Waals surface area contributed by atoms with Crippen molar-refractivity contribution in [1.29, 1.82) is 0 Å². The lowest BCUT2D eigenvalue weighted by Crippen LogP contribution is -2.26. The van der Waals surface area contributed by atoms with Gasteiger partial charge in [0.1, 0.15) is 5.60 Å². The third kappa shape index (κ3) is 3.82. The molecule has 0 amide bonds. The van der Waals surface area contributed by atoms with Crippen LogP contribution in [0.15, 0.2) is 23.1 Å². The topological polar surface area (TPSA) is 86.5 Å². The average Bonchev–Trinajstić information content (AvgIpc) is 2.12. The zero-order chi connectivity index (χ0) is 14.1. The van der Waals surface area contributed by atoms with E-state index in [2.05, 4.69) is 0 Å². The summed E-state index contributed by atoms with van der Waals surface area (Å²) in [4.78, 5) is 11.7. The molecule has 0 heterocycles. The van der Waals surface area contributed by atoms with Crippen LogP contribution in [0.3, 0.4) is 0 Å². The molecule has 1 aromatic rings. The van der Waals surface area contributed by atoms with Gasteiger partial charge in [-0.2, -0.15) is 0 Å². The number of hydrogen-bond acceptors (Lipinski definition) is 4. The Balaban J connectivity index is 3.31. The van der Waals surface area contributed by atoms with Gasteiger partial charge in [-0.3, -0.25) is 0 Å². The van der Waals surface area contributed by atoms with Crippen LogP contribution in [-0.4, -0.2) is 20.0 Å². The molecule has 0 saturated heterocycles. The lowest BCUT2D eigenvalue weighted by Gasteiger charge is -2.20. The fraction of sp³-hybridized carbons (Fsp3) is 0.417. The van der Waals surface area contributed by atoms with Gasteiger partial charge in [0.05, 0.1) is 10.5 Å². The molecular formula is C12H17NO4S. The third-order valence-electron chi connectivity index (χ3n) is 2.06. The summed E-state index contributed by atoms with van der Waals surface area (Å²) in [6.07, 6.45) is 0. The van der Waals surface area contributed by atoms with E-state index in [0.29, 0.717) is 0 Å². The molecule has 100 valence electrons. The maximum absolute atomic E-state index is 11.9. The molecule has 0 unspecified atom stereocenters. The summed E-state index contributed by atoms with van der Waals surface area (Å²) in [5.41, 5.74) is 0.0203. The molecule has 0 aromatic heterocycles. The molecule has 0 radical (unpaired) electrons. The van der Waals surface area contributed by atoms with Crippen LogP contribution in [0.5, 0.6) is 0 Å². The molecule has 0 spiro atoms. The zero-order valence-electron chi connectivity index (χ0n) is 10.9. The predicted octanol–water partition coefficient (Wildman–Crippen LogP) is 1.60. The minimum Gasteiger partial charge on any atom is -0.456 e. The van der Waals surface area contributed by atoms with Crippen molar-refractivity contribution in [3.8, 4) is 0 Å². The highest BCUT2D eigenvalue weighted by atomic mass is 32.2. The molecule has 1 rings (SSSR count). The molecule has 18 heavy (non-hydrogen) atoms. The Morgan fingerprint density at radius 2 is 1.83 bits per heavy atom. The van der Waals surface area contributed by atoms with Crippen molar-refractivity contribution in [2.75, 3.05) is 0 Å². The average molecular weight is 271 g/mol. The molecule has 0 saturated carbocycles. The SMILES string of the molecule is Cc1ccc(S(N)(=O)=O)c(C(=O)OC(C)(C)C)c1. The van der Waals surface area contributed by atoms with Crippen molar-refractivity contribution < 1.29 is 17.9 Å². The second-order valence-electron chi connectivity index (χ2n) is 5.05. The van der Waals surface area contributed by atoms with Crippen LogP contribution in [0.25, 0.3) is 0 Å². The van der Waals surface area contributed by atoms with Crippen molar-refractivity contribution in [3.63, 3.8) is 0 Å². The molecule has 0 bridgehead atoms. The second kappa shape index (κ2) is 4.70. The van der Waals surface area contributed by atoms with E-state index in [1.54, 1.807) is 33.8 Å². The smallest absolute Gasteiger partial charge is 0.340 e. The van der Waals surface area contributed by atoms with Gasteiger partial charge < -0.3 is 4.74 Å². The third-order valence-corrected chi connectivity index (χ3v) is 3.03. The van der Waals surface area contributed by atoms with Crippen LogP contribution in [0.4, 0.5) is 0 Å². The lowest BCUT2D eigenvalue weighted by atomic mass is 10.1. The first kappa shape index (κ1) is 14.7. The molecule has 0 atom stereocenters. The number of carbonyl (C=O) groups excluding carboxylic acids is 1. The minimum absolute atomic E-state index is 0.0348. The first-order valence-electron chi connectivity index (χ1n) is 5.37. The Kier molecular flexibility index (Phi) is 3.83. The summed E-state index contributed by atoms with van der Waals surface area (Å²) in [7, 11) is -3.95. The van der Waals surface area contributed by atoms with Crippen LogP contribution < -0.4 is 5.14 Å². The van der Waals surface area contributed by atoms with Crippen LogP contribution in [0.2, 0.25) is 0 Å². The van der Waals surface area contributed by atoms with Gasteiger partial charge in [-0.1, -0.05) is 11.6 Å². The molecule has 1 aromatic carbocycles. The molecule has 5 nitrogen and oxygen atoms in total. The number of aryl methyl sites for hydroxylation is 1. The monoisotopic (exact) mass is 271 g/mol. The number of rotatable bonds is 2. The summed E-state index contributed by atoms with van der Waals surface area (Å²) in [6, 6.07) is 4.34. The van der Waals surface area contributed by atoms with E-state index in [1.807, 2.05) is 0 Å². The first-order valence-corrected chi connectivity index (χ1v) is 6.92. The summed E-state index contributed by atoms with van der Waals surface area (Å²) < 4.78 is 28.0. The van der Waals surface area contributed by atoms with E-state index in [9.17, 15) is 13.2 Å². The quantitative estimate of drug-likeness (QED) is 0.828. The molecule has 6 heteroatoms. The summed E-state index contributed by atoms with van der Waals surface area (Å²) in [6.45, 7) is 6.87. The van der Waals surface area contributed by atoms with Gasteiger partial charge in [-0.15, -0.1) is 0 Å². The number of nitrogens with two attached hydrogens (primary N) is 1. The number of hydrogen-bond donors (Lipinski definition) is 1. The van der Waals surface area contributed by atoms with Crippen LogP contribution in [0, 0.1) is 6.92 Å². The normalized spacial score (nSPS) is 12.3. The lowest BCUT2D eigenvalue weighted by molar-refractivity contribution is 0.00650. The summed E-state index contributed by atoms with van der Waals surface area (Å²) in [5.74, 6) is -0.699. The van der Waals surface area contributed by atoms with Gasteiger partial charge in [-0.05, 0) is 39.8 Å². The largest absolute Gasteiger partial charge is 0.456 e.